The van der Waals surface area contributed by atoms with Gasteiger partial charge in [0.15, 0.2) is 0 Å². The molecule has 0 aliphatic carbocycles. The zero-order valence-electron chi connectivity index (χ0n) is 13.3. The lowest BCUT2D eigenvalue weighted by Gasteiger charge is -2.07. The zero-order chi connectivity index (χ0) is 16.4. The first-order valence-electron chi connectivity index (χ1n) is 7.32. The first-order chi connectivity index (χ1) is 11.0. The van der Waals surface area contributed by atoms with E-state index in [4.69, 9.17) is 0 Å². The second kappa shape index (κ2) is 6.30. The highest BCUT2D eigenvalue weighted by molar-refractivity contribution is 7.18. The second-order valence-corrected chi connectivity index (χ2v) is 6.48. The van der Waals surface area contributed by atoms with Crippen molar-refractivity contribution in [1.82, 2.24) is 10.2 Å². The summed E-state index contributed by atoms with van der Waals surface area (Å²) in [6.07, 6.45) is 0. The summed E-state index contributed by atoms with van der Waals surface area (Å²) in [5.41, 5.74) is 5.25. The summed E-state index contributed by atoms with van der Waals surface area (Å²) in [6, 6.07) is 13.3. The van der Waals surface area contributed by atoms with Crippen LogP contribution in [0, 0.1) is 20.8 Å². The molecule has 0 atom stereocenters. The van der Waals surface area contributed by atoms with E-state index < -0.39 is 0 Å². The lowest BCUT2D eigenvalue weighted by molar-refractivity contribution is 0.102. The standard InChI is InChI=1S/C18H17N3OS/c1-11-9-12(2)15(13(3)10-11)17-20-21-18(23-17)19-16(22)14-7-5-4-6-8-14/h4-10H,1-3H3,(H,19,21,22). The number of hydrogen-bond donors (Lipinski definition) is 1. The van der Waals surface area contributed by atoms with Gasteiger partial charge in [0.05, 0.1) is 0 Å². The Hall–Kier alpha value is -2.53. The zero-order valence-corrected chi connectivity index (χ0v) is 14.1. The molecule has 1 N–H and O–H groups in total. The van der Waals surface area contributed by atoms with Crippen LogP contribution in [0.3, 0.4) is 0 Å². The molecular formula is C18H17N3OS. The van der Waals surface area contributed by atoms with E-state index in [0.29, 0.717) is 10.7 Å². The molecule has 1 heterocycles. The molecule has 0 spiro atoms. The van der Waals surface area contributed by atoms with Gasteiger partial charge in [-0.2, -0.15) is 0 Å². The molecule has 0 radical (unpaired) electrons. The number of aryl methyl sites for hydroxylation is 3. The number of nitrogens with zero attached hydrogens (tertiary/aromatic N) is 2. The lowest BCUT2D eigenvalue weighted by Crippen LogP contribution is -2.11. The van der Waals surface area contributed by atoms with Crippen LogP contribution in [-0.4, -0.2) is 16.1 Å². The quantitative estimate of drug-likeness (QED) is 0.778. The molecule has 116 valence electrons. The molecule has 0 saturated heterocycles. The largest absolute Gasteiger partial charge is 0.296 e. The van der Waals surface area contributed by atoms with Crippen LogP contribution in [0.4, 0.5) is 5.13 Å². The highest BCUT2D eigenvalue weighted by Crippen LogP contribution is 2.32. The smallest absolute Gasteiger partial charge is 0.257 e. The predicted molar refractivity (Wildman–Crippen MR) is 94.0 cm³/mol. The van der Waals surface area contributed by atoms with Gasteiger partial charge in [-0.1, -0.05) is 47.2 Å². The molecule has 0 fully saturated rings. The summed E-state index contributed by atoms with van der Waals surface area (Å²) in [7, 11) is 0. The predicted octanol–water partition coefficient (Wildman–Crippen LogP) is 4.38. The number of carbonyl (C=O) groups is 1. The maximum absolute atomic E-state index is 12.2. The minimum absolute atomic E-state index is 0.175. The third kappa shape index (κ3) is 3.29. The van der Waals surface area contributed by atoms with Gasteiger partial charge in [-0.15, -0.1) is 10.2 Å². The Morgan fingerprint density at radius 1 is 1.00 bits per heavy atom. The number of anilines is 1. The van der Waals surface area contributed by atoms with Crippen LogP contribution in [0.2, 0.25) is 0 Å². The molecule has 2 aromatic carbocycles. The van der Waals surface area contributed by atoms with E-state index in [0.717, 1.165) is 10.6 Å². The van der Waals surface area contributed by atoms with Crippen molar-refractivity contribution in [1.29, 1.82) is 0 Å². The van der Waals surface area contributed by atoms with Crippen LogP contribution in [0.25, 0.3) is 10.6 Å². The van der Waals surface area contributed by atoms with Gasteiger partial charge in [0.1, 0.15) is 5.01 Å². The summed E-state index contributed by atoms with van der Waals surface area (Å²) >= 11 is 1.39. The van der Waals surface area contributed by atoms with Gasteiger partial charge in [0.2, 0.25) is 5.13 Å². The summed E-state index contributed by atoms with van der Waals surface area (Å²) in [6.45, 7) is 6.22. The summed E-state index contributed by atoms with van der Waals surface area (Å²) in [4.78, 5) is 12.2. The molecule has 0 unspecified atom stereocenters. The number of hydrogen-bond acceptors (Lipinski definition) is 4. The second-order valence-electron chi connectivity index (χ2n) is 5.51. The topological polar surface area (TPSA) is 54.9 Å². The van der Waals surface area contributed by atoms with Gasteiger partial charge < -0.3 is 0 Å². The van der Waals surface area contributed by atoms with E-state index in [1.807, 2.05) is 18.2 Å². The Labute approximate surface area is 139 Å². The van der Waals surface area contributed by atoms with Crippen LogP contribution in [0.5, 0.6) is 0 Å². The van der Waals surface area contributed by atoms with Crippen molar-refractivity contribution in [2.45, 2.75) is 20.8 Å². The summed E-state index contributed by atoms with van der Waals surface area (Å²) < 4.78 is 0. The molecule has 0 bridgehead atoms. The van der Waals surface area contributed by atoms with Crippen molar-refractivity contribution in [3.05, 3.63) is 64.7 Å². The monoisotopic (exact) mass is 323 g/mol. The molecule has 5 heteroatoms. The maximum Gasteiger partial charge on any atom is 0.257 e. The number of benzene rings is 2. The molecule has 1 aromatic heterocycles. The number of carbonyl (C=O) groups excluding carboxylic acids is 1. The van der Waals surface area contributed by atoms with Gasteiger partial charge in [0, 0.05) is 11.1 Å². The van der Waals surface area contributed by atoms with Gasteiger partial charge >= 0.3 is 0 Å². The molecule has 1 amide bonds. The van der Waals surface area contributed by atoms with Crippen molar-refractivity contribution >= 4 is 22.4 Å². The minimum Gasteiger partial charge on any atom is -0.296 e. The molecule has 3 aromatic rings. The van der Waals surface area contributed by atoms with Gasteiger partial charge in [-0.25, -0.2) is 0 Å². The van der Waals surface area contributed by atoms with Crippen LogP contribution >= 0.6 is 11.3 Å². The van der Waals surface area contributed by atoms with Crippen LogP contribution in [0.15, 0.2) is 42.5 Å². The molecule has 23 heavy (non-hydrogen) atoms. The number of nitrogens with one attached hydrogen (secondary N) is 1. The van der Waals surface area contributed by atoms with Gasteiger partial charge in [0.25, 0.3) is 5.91 Å². The Bertz CT molecular complexity index is 833. The van der Waals surface area contributed by atoms with Crippen LogP contribution < -0.4 is 5.32 Å². The van der Waals surface area contributed by atoms with Crippen molar-refractivity contribution in [2.24, 2.45) is 0 Å². The Morgan fingerprint density at radius 3 is 2.30 bits per heavy atom. The van der Waals surface area contributed by atoms with E-state index in [-0.39, 0.29) is 5.91 Å². The van der Waals surface area contributed by atoms with Crippen LogP contribution in [-0.2, 0) is 0 Å². The number of aromatic nitrogens is 2. The minimum atomic E-state index is -0.175. The molecule has 4 nitrogen and oxygen atoms in total. The fourth-order valence-electron chi connectivity index (χ4n) is 2.65. The Balaban J connectivity index is 1.86. The highest BCUT2D eigenvalue weighted by Gasteiger charge is 2.14. The summed E-state index contributed by atoms with van der Waals surface area (Å²) in [5.74, 6) is -0.175. The van der Waals surface area contributed by atoms with Gasteiger partial charge in [-0.05, 0) is 44.0 Å². The fourth-order valence-corrected chi connectivity index (χ4v) is 3.57. The molecule has 0 aliphatic heterocycles. The van der Waals surface area contributed by atoms with Crippen molar-refractivity contribution in [3.8, 4) is 10.6 Å². The first-order valence-corrected chi connectivity index (χ1v) is 8.14. The molecule has 0 aliphatic rings. The van der Waals surface area contributed by atoms with Gasteiger partial charge in [-0.3, -0.25) is 10.1 Å². The Kier molecular flexibility index (Phi) is 4.21. The molecular weight excluding hydrogens is 306 g/mol. The van der Waals surface area contributed by atoms with Crippen LogP contribution in [0.1, 0.15) is 27.0 Å². The van der Waals surface area contributed by atoms with Crippen molar-refractivity contribution < 1.29 is 4.79 Å². The average Bonchev–Trinajstić information content (AvgIpc) is 2.95. The average molecular weight is 323 g/mol. The molecule has 0 saturated carbocycles. The fraction of sp³-hybridized carbons (Fsp3) is 0.167. The van der Waals surface area contributed by atoms with E-state index in [2.05, 4.69) is 48.4 Å². The third-order valence-corrected chi connectivity index (χ3v) is 4.43. The number of rotatable bonds is 3. The normalized spacial score (nSPS) is 10.6. The number of amides is 1. The van der Waals surface area contributed by atoms with Crippen molar-refractivity contribution in [3.63, 3.8) is 0 Å². The summed E-state index contributed by atoms with van der Waals surface area (Å²) in [5, 5.41) is 12.5. The lowest BCUT2D eigenvalue weighted by atomic mass is 10.0. The Morgan fingerprint density at radius 2 is 1.65 bits per heavy atom. The maximum atomic E-state index is 12.2. The SMILES string of the molecule is Cc1cc(C)c(-c2nnc(NC(=O)c3ccccc3)s2)c(C)c1. The first kappa shape index (κ1) is 15.4. The van der Waals surface area contributed by atoms with E-state index in [9.17, 15) is 4.79 Å². The van der Waals surface area contributed by atoms with E-state index in [1.165, 1.54) is 28.0 Å². The van der Waals surface area contributed by atoms with E-state index in [1.54, 1.807) is 12.1 Å². The van der Waals surface area contributed by atoms with Crippen molar-refractivity contribution in [2.75, 3.05) is 5.32 Å². The molecule has 3 rings (SSSR count). The highest BCUT2D eigenvalue weighted by atomic mass is 32.1. The third-order valence-electron chi connectivity index (χ3n) is 3.57. The van der Waals surface area contributed by atoms with E-state index >= 15 is 0 Å².